The Morgan fingerprint density at radius 3 is 1.45 bits per heavy atom. The highest BCUT2D eigenvalue weighted by atomic mass is 16.5. The molecule has 6 heteroatoms. The zero-order valence-corrected chi connectivity index (χ0v) is 36.3. The van der Waals surface area contributed by atoms with Crippen molar-refractivity contribution in [3.8, 4) is 0 Å². The van der Waals surface area contributed by atoms with Gasteiger partial charge in [-0.3, -0.25) is 9.59 Å². The van der Waals surface area contributed by atoms with E-state index in [2.05, 4.69) is 38.2 Å². The summed E-state index contributed by atoms with van der Waals surface area (Å²) in [7, 11) is 0. The summed E-state index contributed by atoms with van der Waals surface area (Å²) in [5.41, 5.74) is 0. The summed E-state index contributed by atoms with van der Waals surface area (Å²) < 4.78 is 5.87. The molecule has 6 nitrogen and oxygen atoms in total. The van der Waals surface area contributed by atoms with Crippen LogP contribution >= 0.6 is 0 Å². The SMILES string of the molecule is CC/C=C/C=C/C=C\C=C/CCCC(CC(=O)NC(CO)C(O)CCCCCCCCCCCC)OC(=O)CCCCCCCCCCCCCCCCC. The van der Waals surface area contributed by atoms with E-state index in [1.54, 1.807) is 0 Å². The molecule has 0 saturated carbocycles. The van der Waals surface area contributed by atoms with E-state index in [4.69, 9.17) is 4.74 Å². The summed E-state index contributed by atoms with van der Waals surface area (Å²) in [6, 6.07) is -0.719. The van der Waals surface area contributed by atoms with Gasteiger partial charge >= 0.3 is 5.97 Å². The van der Waals surface area contributed by atoms with Crippen molar-refractivity contribution in [1.29, 1.82) is 0 Å². The van der Waals surface area contributed by atoms with E-state index < -0.39 is 18.2 Å². The highest BCUT2D eigenvalue weighted by Gasteiger charge is 2.24. The molecule has 0 aromatic carbocycles. The van der Waals surface area contributed by atoms with Crippen molar-refractivity contribution in [2.75, 3.05) is 6.61 Å². The van der Waals surface area contributed by atoms with Gasteiger partial charge in [0, 0.05) is 6.42 Å². The number of allylic oxidation sites excluding steroid dienone is 8. The first-order valence-corrected chi connectivity index (χ1v) is 23.4. The van der Waals surface area contributed by atoms with Crippen LogP contribution in [-0.4, -0.2) is 46.9 Å². The van der Waals surface area contributed by atoms with E-state index in [1.807, 2.05) is 36.5 Å². The lowest BCUT2D eigenvalue weighted by molar-refractivity contribution is -0.151. The van der Waals surface area contributed by atoms with Crippen molar-refractivity contribution in [3.05, 3.63) is 48.6 Å². The third-order valence-corrected chi connectivity index (χ3v) is 10.5. The Balaban J connectivity index is 4.62. The molecule has 0 aliphatic rings. The minimum Gasteiger partial charge on any atom is -0.462 e. The fourth-order valence-electron chi connectivity index (χ4n) is 6.98. The summed E-state index contributed by atoms with van der Waals surface area (Å²) in [4.78, 5) is 26.0. The van der Waals surface area contributed by atoms with Gasteiger partial charge < -0.3 is 20.3 Å². The monoisotopic (exact) mass is 772 g/mol. The van der Waals surface area contributed by atoms with E-state index in [0.717, 1.165) is 57.8 Å². The number of aliphatic hydroxyl groups is 2. The highest BCUT2D eigenvalue weighted by molar-refractivity contribution is 5.77. The predicted octanol–water partition coefficient (Wildman–Crippen LogP) is 13.5. The Bertz CT molecular complexity index is 957. The summed E-state index contributed by atoms with van der Waals surface area (Å²) in [5.74, 6) is -0.539. The van der Waals surface area contributed by atoms with Crippen LogP contribution in [-0.2, 0) is 14.3 Å². The molecule has 3 atom stereocenters. The number of ether oxygens (including phenoxy) is 1. The molecule has 0 aliphatic heterocycles. The molecule has 0 bridgehead atoms. The van der Waals surface area contributed by atoms with Crippen LogP contribution in [0.4, 0.5) is 0 Å². The molecule has 0 spiro atoms. The lowest BCUT2D eigenvalue weighted by Crippen LogP contribution is -2.46. The second kappa shape index (κ2) is 43.0. The summed E-state index contributed by atoms with van der Waals surface area (Å²) in [6.07, 6.45) is 50.4. The zero-order chi connectivity index (χ0) is 40.3. The van der Waals surface area contributed by atoms with Crippen molar-refractivity contribution in [2.24, 2.45) is 0 Å². The molecule has 0 aromatic heterocycles. The van der Waals surface area contributed by atoms with E-state index in [9.17, 15) is 19.8 Å². The Hall–Kier alpha value is -2.18. The number of unbranched alkanes of at least 4 members (excludes halogenated alkanes) is 24. The van der Waals surface area contributed by atoms with Crippen LogP contribution in [0.1, 0.15) is 226 Å². The quantitative estimate of drug-likeness (QED) is 0.0327. The number of nitrogens with one attached hydrogen (secondary N) is 1. The van der Waals surface area contributed by atoms with Crippen molar-refractivity contribution in [1.82, 2.24) is 5.32 Å². The van der Waals surface area contributed by atoms with Crippen LogP contribution in [0, 0.1) is 0 Å². The van der Waals surface area contributed by atoms with Crippen LogP contribution in [0.15, 0.2) is 48.6 Å². The standard InChI is InChI=1S/C49H89NO5/c1-4-7-10-13-16-19-22-23-24-25-27-30-33-36-39-42-49(54)55-45(40-37-34-31-28-26-20-17-14-11-8-5-2)43-48(53)50-46(44-51)47(52)41-38-35-32-29-21-18-15-12-9-6-3/h8,11,14,17,20,26,28,31,45-47,51-52H,4-7,9-10,12-13,15-16,18-19,21-25,27,29-30,32-44H2,1-3H3,(H,50,53)/b11-8+,17-14+,26-20-,31-28-. The van der Waals surface area contributed by atoms with Crippen LogP contribution in [0.5, 0.6) is 0 Å². The molecule has 1 amide bonds. The number of rotatable bonds is 41. The van der Waals surface area contributed by atoms with Gasteiger partial charge in [0.1, 0.15) is 6.10 Å². The maximum absolute atomic E-state index is 13.1. The molecule has 0 heterocycles. The van der Waals surface area contributed by atoms with E-state index in [0.29, 0.717) is 19.3 Å². The minimum atomic E-state index is -0.801. The number of esters is 1. The normalized spacial score (nSPS) is 13.8. The fraction of sp³-hybridized carbons (Fsp3) is 0.796. The van der Waals surface area contributed by atoms with E-state index >= 15 is 0 Å². The first-order valence-electron chi connectivity index (χ1n) is 23.4. The van der Waals surface area contributed by atoms with Crippen LogP contribution in [0.3, 0.4) is 0 Å². The van der Waals surface area contributed by atoms with Gasteiger partial charge in [-0.15, -0.1) is 0 Å². The number of hydrogen-bond donors (Lipinski definition) is 3. The van der Waals surface area contributed by atoms with Crippen molar-refractivity contribution in [3.63, 3.8) is 0 Å². The summed E-state index contributed by atoms with van der Waals surface area (Å²) in [6.45, 7) is 6.30. The highest BCUT2D eigenvalue weighted by Crippen LogP contribution is 2.17. The van der Waals surface area contributed by atoms with E-state index in [-0.39, 0.29) is 24.9 Å². The molecule has 55 heavy (non-hydrogen) atoms. The predicted molar refractivity (Wildman–Crippen MR) is 236 cm³/mol. The molecule has 0 rings (SSSR count). The molecule has 320 valence electrons. The van der Waals surface area contributed by atoms with Crippen molar-refractivity contribution >= 4 is 11.9 Å². The largest absolute Gasteiger partial charge is 0.462 e. The molecule has 0 fully saturated rings. The van der Waals surface area contributed by atoms with Gasteiger partial charge in [-0.05, 0) is 38.5 Å². The van der Waals surface area contributed by atoms with Gasteiger partial charge in [0.15, 0.2) is 0 Å². The van der Waals surface area contributed by atoms with E-state index in [1.165, 1.54) is 122 Å². The summed E-state index contributed by atoms with van der Waals surface area (Å²) in [5, 5.41) is 23.6. The first-order chi connectivity index (χ1) is 27.0. The number of aliphatic hydroxyl groups excluding tert-OH is 2. The average Bonchev–Trinajstić information content (AvgIpc) is 3.18. The molecule has 0 aromatic rings. The maximum atomic E-state index is 13.1. The van der Waals surface area contributed by atoms with Crippen molar-refractivity contribution in [2.45, 2.75) is 244 Å². The molecule has 3 unspecified atom stereocenters. The molecular formula is C49H89NO5. The number of hydrogen-bond acceptors (Lipinski definition) is 5. The maximum Gasteiger partial charge on any atom is 0.306 e. The Morgan fingerprint density at radius 1 is 0.545 bits per heavy atom. The molecule has 0 radical (unpaired) electrons. The zero-order valence-electron chi connectivity index (χ0n) is 36.3. The topological polar surface area (TPSA) is 95.9 Å². The lowest BCUT2D eigenvalue weighted by atomic mass is 10.0. The van der Waals surface area contributed by atoms with Crippen LogP contribution < -0.4 is 5.32 Å². The molecule has 0 saturated heterocycles. The molecule has 0 aliphatic carbocycles. The van der Waals surface area contributed by atoms with Gasteiger partial charge in [-0.25, -0.2) is 0 Å². The Morgan fingerprint density at radius 2 is 0.982 bits per heavy atom. The smallest absolute Gasteiger partial charge is 0.306 e. The average molecular weight is 772 g/mol. The van der Waals surface area contributed by atoms with Gasteiger partial charge in [-0.1, -0.05) is 223 Å². The minimum absolute atomic E-state index is 0.0335. The van der Waals surface area contributed by atoms with Gasteiger partial charge in [0.2, 0.25) is 5.91 Å². The van der Waals surface area contributed by atoms with Crippen LogP contribution in [0.25, 0.3) is 0 Å². The Kier molecular flexibility index (Phi) is 41.2. The molecule has 3 N–H and O–H groups in total. The first kappa shape index (κ1) is 52.8. The molecular weight excluding hydrogens is 683 g/mol. The second-order valence-corrected chi connectivity index (χ2v) is 15.9. The number of carbonyl (C=O) groups excluding carboxylic acids is 2. The number of amides is 1. The lowest BCUT2D eigenvalue weighted by Gasteiger charge is -2.24. The fourth-order valence-corrected chi connectivity index (χ4v) is 6.98. The van der Waals surface area contributed by atoms with Gasteiger partial charge in [-0.2, -0.15) is 0 Å². The number of carbonyl (C=O) groups is 2. The third-order valence-electron chi connectivity index (χ3n) is 10.5. The van der Waals surface area contributed by atoms with Crippen molar-refractivity contribution < 1.29 is 24.5 Å². The Labute approximate surface area is 340 Å². The van der Waals surface area contributed by atoms with Gasteiger partial charge in [0.25, 0.3) is 0 Å². The third kappa shape index (κ3) is 38.5. The second-order valence-electron chi connectivity index (χ2n) is 15.9. The van der Waals surface area contributed by atoms with Gasteiger partial charge in [0.05, 0.1) is 25.2 Å². The summed E-state index contributed by atoms with van der Waals surface area (Å²) >= 11 is 0. The van der Waals surface area contributed by atoms with Crippen LogP contribution in [0.2, 0.25) is 0 Å².